The highest BCUT2D eigenvalue weighted by Crippen LogP contribution is 2.24. The Morgan fingerprint density at radius 1 is 1.15 bits per heavy atom. The quantitative estimate of drug-likeness (QED) is 0.632. The Morgan fingerprint density at radius 3 is 2.48 bits per heavy atom. The van der Waals surface area contributed by atoms with Gasteiger partial charge in [0.05, 0.1) is 23.9 Å². The highest BCUT2D eigenvalue weighted by atomic mass is 32.1. The van der Waals surface area contributed by atoms with Gasteiger partial charge in [0.15, 0.2) is 0 Å². The third-order valence-corrected chi connectivity index (χ3v) is 5.63. The Kier molecular flexibility index (Phi) is 6.24. The van der Waals surface area contributed by atoms with Gasteiger partial charge in [0.2, 0.25) is 0 Å². The van der Waals surface area contributed by atoms with Gasteiger partial charge < -0.3 is 10.1 Å². The number of carbonyl (C=O) groups excluding carboxylic acids is 1. The van der Waals surface area contributed by atoms with Crippen molar-refractivity contribution in [2.75, 3.05) is 7.11 Å². The van der Waals surface area contributed by atoms with E-state index in [9.17, 15) is 4.79 Å². The summed E-state index contributed by atoms with van der Waals surface area (Å²) in [6.07, 6.45) is 1.56. The molecule has 3 rings (SSSR count). The fourth-order valence-electron chi connectivity index (χ4n) is 2.99. The molecule has 1 atom stereocenters. The number of benzene rings is 2. The first-order valence-corrected chi connectivity index (χ1v) is 9.87. The van der Waals surface area contributed by atoms with Crippen LogP contribution in [0.15, 0.2) is 54.6 Å². The number of aromatic nitrogens is 1. The van der Waals surface area contributed by atoms with Gasteiger partial charge >= 0.3 is 0 Å². The summed E-state index contributed by atoms with van der Waals surface area (Å²) in [6.45, 7) is 3.96. The summed E-state index contributed by atoms with van der Waals surface area (Å²) >= 11 is 1.47. The highest BCUT2D eigenvalue weighted by molar-refractivity contribution is 7.13. The summed E-state index contributed by atoms with van der Waals surface area (Å²) in [4.78, 5) is 18.1. The van der Waals surface area contributed by atoms with Crippen molar-refractivity contribution in [2.24, 2.45) is 0 Å². The number of amides is 1. The van der Waals surface area contributed by atoms with E-state index >= 15 is 0 Å². The van der Waals surface area contributed by atoms with Gasteiger partial charge in [-0.05, 0) is 36.6 Å². The summed E-state index contributed by atoms with van der Waals surface area (Å²) in [6, 6.07) is 18.0. The summed E-state index contributed by atoms with van der Waals surface area (Å²) < 4.78 is 5.21. The first kappa shape index (κ1) is 19.1. The smallest absolute Gasteiger partial charge is 0.263 e. The molecule has 3 aromatic rings. The zero-order chi connectivity index (χ0) is 19.2. The summed E-state index contributed by atoms with van der Waals surface area (Å²) in [5.41, 5.74) is 3.05. The van der Waals surface area contributed by atoms with Crippen LogP contribution in [0.2, 0.25) is 0 Å². The molecule has 4 nitrogen and oxygen atoms in total. The van der Waals surface area contributed by atoms with Gasteiger partial charge in [-0.1, -0.05) is 49.4 Å². The lowest BCUT2D eigenvalue weighted by molar-refractivity contribution is 0.0939. The molecule has 0 aliphatic carbocycles. The monoisotopic (exact) mass is 380 g/mol. The van der Waals surface area contributed by atoms with E-state index in [1.165, 1.54) is 16.9 Å². The average molecular weight is 381 g/mol. The molecule has 5 heteroatoms. The van der Waals surface area contributed by atoms with Crippen molar-refractivity contribution in [3.8, 4) is 5.75 Å². The topological polar surface area (TPSA) is 51.2 Å². The molecule has 0 aliphatic rings. The molecule has 140 valence electrons. The number of hydrogen-bond donors (Lipinski definition) is 1. The van der Waals surface area contributed by atoms with Crippen LogP contribution >= 0.6 is 11.3 Å². The van der Waals surface area contributed by atoms with Gasteiger partial charge in [-0.3, -0.25) is 4.79 Å². The first-order chi connectivity index (χ1) is 13.1. The zero-order valence-corrected chi connectivity index (χ0v) is 16.7. The number of hydrogen-bond acceptors (Lipinski definition) is 4. The van der Waals surface area contributed by atoms with Crippen LogP contribution in [-0.2, 0) is 6.42 Å². The molecule has 27 heavy (non-hydrogen) atoms. The van der Waals surface area contributed by atoms with Crippen molar-refractivity contribution in [2.45, 2.75) is 32.7 Å². The number of rotatable bonds is 7. The van der Waals surface area contributed by atoms with Gasteiger partial charge in [-0.25, -0.2) is 4.98 Å². The molecule has 0 spiro atoms. The predicted molar refractivity (Wildman–Crippen MR) is 110 cm³/mol. The van der Waals surface area contributed by atoms with E-state index in [1.807, 2.05) is 49.4 Å². The molecule has 1 amide bonds. The molecule has 0 fully saturated rings. The van der Waals surface area contributed by atoms with Crippen LogP contribution in [-0.4, -0.2) is 18.0 Å². The van der Waals surface area contributed by atoms with Crippen molar-refractivity contribution in [3.63, 3.8) is 0 Å². The van der Waals surface area contributed by atoms with E-state index in [0.717, 1.165) is 34.9 Å². The second-order valence-electron chi connectivity index (χ2n) is 6.39. The van der Waals surface area contributed by atoms with Crippen LogP contribution in [0.4, 0.5) is 0 Å². The van der Waals surface area contributed by atoms with Gasteiger partial charge in [0.25, 0.3) is 5.91 Å². The van der Waals surface area contributed by atoms with Crippen molar-refractivity contribution in [1.82, 2.24) is 10.3 Å². The summed E-state index contributed by atoms with van der Waals surface area (Å²) in [5.74, 6) is 0.746. The number of nitrogens with one attached hydrogen (secondary N) is 1. The number of methoxy groups -OCH3 is 1. The molecule has 0 radical (unpaired) electrons. The van der Waals surface area contributed by atoms with E-state index < -0.39 is 0 Å². The Morgan fingerprint density at radius 2 is 1.85 bits per heavy atom. The highest BCUT2D eigenvalue weighted by Gasteiger charge is 2.19. The number of carbonyl (C=O) groups is 1. The molecule has 1 heterocycles. The predicted octanol–water partition coefficient (Wildman–Crippen LogP) is 4.93. The van der Waals surface area contributed by atoms with Crippen molar-refractivity contribution in [1.29, 1.82) is 0 Å². The molecule has 0 aliphatic heterocycles. The minimum atomic E-state index is -0.0630. The lowest BCUT2D eigenvalue weighted by Gasteiger charge is -2.17. The van der Waals surface area contributed by atoms with E-state index in [0.29, 0.717) is 4.88 Å². The maximum absolute atomic E-state index is 12.8. The summed E-state index contributed by atoms with van der Waals surface area (Å²) in [7, 11) is 1.65. The second kappa shape index (κ2) is 8.82. The van der Waals surface area contributed by atoms with Crippen molar-refractivity contribution < 1.29 is 9.53 Å². The van der Waals surface area contributed by atoms with E-state index in [1.54, 1.807) is 7.11 Å². The molecule has 0 saturated heterocycles. The number of ether oxygens (including phenoxy) is 1. The molecule has 1 unspecified atom stereocenters. The zero-order valence-electron chi connectivity index (χ0n) is 15.9. The Labute approximate surface area is 164 Å². The molecule has 2 aromatic carbocycles. The van der Waals surface area contributed by atoms with E-state index in [-0.39, 0.29) is 11.9 Å². The molecule has 0 saturated carbocycles. The SMILES string of the molecule is CCC(NC(=O)c1sc(Cc2ccccc2)nc1C)c1ccc(OC)cc1. The second-order valence-corrected chi connectivity index (χ2v) is 7.48. The molecule has 1 N–H and O–H groups in total. The third kappa shape index (κ3) is 4.74. The van der Waals surface area contributed by atoms with Crippen LogP contribution in [0.25, 0.3) is 0 Å². The first-order valence-electron chi connectivity index (χ1n) is 9.05. The summed E-state index contributed by atoms with van der Waals surface area (Å²) in [5, 5.41) is 4.11. The Bertz CT molecular complexity index is 888. The van der Waals surface area contributed by atoms with Crippen LogP contribution in [0, 0.1) is 6.92 Å². The van der Waals surface area contributed by atoms with Gasteiger partial charge in [0, 0.05) is 6.42 Å². The maximum atomic E-state index is 12.8. The van der Waals surface area contributed by atoms with Crippen LogP contribution < -0.4 is 10.1 Å². The Hall–Kier alpha value is -2.66. The number of nitrogens with zero attached hydrogens (tertiary/aromatic N) is 1. The maximum Gasteiger partial charge on any atom is 0.263 e. The van der Waals surface area contributed by atoms with Gasteiger partial charge in [-0.15, -0.1) is 11.3 Å². The van der Waals surface area contributed by atoms with Crippen LogP contribution in [0.3, 0.4) is 0 Å². The van der Waals surface area contributed by atoms with Gasteiger partial charge in [0.1, 0.15) is 10.6 Å². The number of thiazole rings is 1. The standard InChI is InChI=1S/C22H24N2O2S/c1-4-19(17-10-12-18(26-3)13-11-17)24-22(25)21-15(2)23-20(27-21)14-16-8-6-5-7-9-16/h5-13,19H,4,14H2,1-3H3,(H,24,25). The average Bonchev–Trinajstić information content (AvgIpc) is 3.07. The van der Waals surface area contributed by atoms with Gasteiger partial charge in [-0.2, -0.15) is 0 Å². The van der Waals surface area contributed by atoms with E-state index in [4.69, 9.17) is 4.74 Å². The minimum Gasteiger partial charge on any atom is -0.497 e. The minimum absolute atomic E-state index is 0.0394. The largest absolute Gasteiger partial charge is 0.497 e. The normalized spacial score (nSPS) is 11.8. The van der Waals surface area contributed by atoms with Crippen LogP contribution in [0.1, 0.15) is 50.9 Å². The molecular weight excluding hydrogens is 356 g/mol. The molecular formula is C22H24N2O2S. The van der Waals surface area contributed by atoms with Crippen LogP contribution in [0.5, 0.6) is 5.75 Å². The fraction of sp³-hybridized carbons (Fsp3) is 0.273. The third-order valence-electron chi connectivity index (χ3n) is 4.48. The Balaban J connectivity index is 1.72. The molecule has 1 aromatic heterocycles. The molecule has 0 bridgehead atoms. The van der Waals surface area contributed by atoms with Crippen molar-refractivity contribution >= 4 is 17.2 Å². The van der Waals surface area contributed by atoms with Crippen molar-refractivity contribution in [3.05, 3.63) is 81.3 Å². The lowest BCUT2D eigenvalue weighted by atomic mass is 10.0. The van der Waals surface area contributed by atoms with E-state index in [2.05, 4.69) is 29.4 Å². The fourth-order valence-corrected chi connectivity index (χ4v) is 3.99. The lowest BCUT2D eigenvalue weighted by Crippen LogP contribution is -2.28. The number of aryl methyl sites for hydroxylation is 1.